The Labute approximate surface area is 81.2 Å². The average molecular weight is 204 g/mol. The van der Waals surface area contributed by atoms with E-state index in [2.05, 4.69) is 10.6 Å². The lowest BCUT2D eigenvalue weighted by Crippen LogP contribution is -2.41. The summed E-state index contributed by atoms with van der Waals surface area (Å²) in [6.07, 6.45) is 1.92. The highest BCUT2D eigenvalue weighted by atomic mass is 19.3. The van der Waals surface area contributed by atoms with Gasteiger partial charge in [0, 0.05) is 13.0 Å². The summed E-state index contributed by atoms with van der Waals surface area (Å²) in [5.41, 5.74) is 0. The molecule has 1 heterocycles. The van der Waals surface area contributed by atoms with Gasteiger partial charge in [0.25, 0.3) is 5.92 Å². The maximum Gasteiger partial charge on any atom is 0.262 e. The van der Waals surface area contributed by atoms with Gasteiger partial charge in [-0.2, -0.15) is 0 Å². The molecule has 0 unspecified atom stereocenters. The van der Waals surface area contributed by atoms with E-state index in [-0.39, 0.29) is 18.9 Å². The van der Waals surface area contributed by atoms with E-state index in [1.54, 1.807) is 0 Å². The molecule has 1 aliphatic carbocycles. The van der Waals surface area contributed by atoms with Gasteiger partial charge in [0.2, 0.25) is 5.91 Å². The van der Waals surface area contributed by atoms with E-state index < -0.39 is 12.0 Å². The Balaban J connectivity index is 1.74. The molecule has 2 N–H and O–H groups in total. The molecule has 2 fully saturated rings. The van der Waals surface area contributed by atoms with Crippen molar-refractivity contribution in [3.63, 3.8) is 0 Å². The molecule has 1 atom stereocenters. The summed E-state index contributed by atoms with van der Waals surface area (Å²) in [5.74, 6) is -2.42. The average Bonchev–Trinajstić information content (AvgIpc) is 2.86. The van der Waals surface area contributed by atoms with Crippen LogP contribution >= 0.6 is 0 Å². The molecule has 3 nitrogen and oxygen atoms in total. The first-order chi connectivity index (χ1) is 6.57. The van der Waals surface area contributed by atoms with Crippen LogP contribution in [-0.4, -0.2) is 31.0 Å². The van der Waals surface area contributed by atoms with E-state index in [4.69, 9.17) is 0 Å². The van der Waals surface area contributed by atoms with Crippen molar-refractivity contribution in [3.8, 4) is 0 Å². The van der Waals surface area contributed by atoms with Crippen molar-refractivity contribution < 1.29 is 13.6 Å². The smallest absolute Gasteiger partial charge is 0.262 e. The lowest BCUT2D eigenvalue weighted by Gasteiger charge is -2.10. The van der Waals surface area contributed by atoms with Gasteiger partial charge in [0.1, 0.15) is 0 Å². The summed E-state index contributed by atoms with van der Waals surface area (Å²) in [4.78, 5) is 11.4. The van der Waals surface area contributed by atoms with Crippen LogP contribution in [-0.2, 0) is 4.79 Å². The number of amides is 1. The Morgan fingerprint density at radius 3 is 2.71 bits per heavy atom. The molecule has 1 amide bonds. The summed E-state index contributed by atoms with van der Waals surface area (Å²) < 4.78 is 25.4. The third-order valence-electron chi connectivity index (χ3n) is 2.69. The monoisotopic (exact) mass is 204 g/mol. The number of nitrogens with one attached hydrogen (secondary N) is 2. The molecular weight excluding hydrogens is 190 g/mol. The lowest BCUT2D eigenvalue weighted by atomic mass is 10.2. The van der Waals surface area contributed by atoms with Gasteiger partial charge in [-0.3, -0.25) is 10.1 Å². The largest absolute Gasteiger partial charge is 0.354 e. The van der Waals surface area contributed by atoms with Crippen molar-refractivity contribution in [1.29, 1.82) is 0 Å². The fourth-order valence-electron chi connectivity index (χ4n) is 1.59. The van der Waals surface area contributed by atoms with Crippen LogP contribution in [0.4, 0.5) is 8.78 Å². The Morgan fingerprint density at radius 2 is 2.21 bits per heavy atom. The molecule has 1 saturated heterocycles. The quantitative estimate of drug-likeness (QED) is 0.703. The minimum atomic E-state index is -2.72. The highest BCUT2D eigenvalue weighted by molar-refractivity contribution is 5.82. The summed E-state index contributed by atoms with van der Waals surface area (Å²) in [7, 11) is 0. The minimum absolute atomic E-state index is 0.283. The second-order valence-electron chi connectivity index (χ2n) is 4.18. The Morgan fingerprint density at radius 1 is 1.50 bits per heavy atom. The third-order valence-corrected chi connectivity index (χ3v) is 2.69. The van der Waals surface area contributed by atoms with Crippen molar-refractivity contribution in [3.05, 3.63) is 0 Å². The van der Waals surface area contributed by atoms with Crippen molar-refractivity contribution >= 4 is 5.91 Å². The van der Waals surface area contributed by atoms with Crippen LogP contribution in [0.5, 0.6) is 0 Å². The van der Waals surface area contributed by atoms with Gasteiger partial charge in [0.05, 0.1) is 12.6 Å². The molecule has 1 saturated carbocycles. The number of halogens is 2. The van der Waals surface area contributed by atoms with Crippen LogP contribution in [0.3, 0.4) is 0 Å². The zero-order chi connectivity index (χ0) is 10.2. The molecule has 0 aromatic heterocycles. The van der Waals surface area contributed by atoms with E-state index >= 15 is 0 Å². The molecule has 14 heavy (non-hydrogen) atoms. The molecule has 1 aliphatic heterocycles. The molecule has 80 valence electrons. The highest BCUT2D eigenvalue weighted by Gasteiger charge is 2.42. The van der Waals surface area contributed by atoms with Crippen LogP contribution in [0, 0.1) is 5.92 Å². The van der Waals surface area contributed by atoms with Crippen molar-refractivity contribution in [2.24, 2.45) is 5.92 Å². The number of carbonyl (C=O) groups is 1. The zero-order valence-electron chi connectivity index (χ0n) is 7.85. The SMILES string of the molecule is O=C(NCC1CC1)[C@H]1CC(F)(F)CN1. The van der Waals surface area contributed by atoms with Crippen LogP contribution in [0.1, 0.15) is 19.3 Å². The second-order valence-corrected chi connectivity index (χ2v) is 4.18. The van der Waals surface area contributed by atoms with E-state index in [9.17, 15) is 13.6 Å². The van der Waals surface area contributed by atoms with E-state index in [0.29, 0.717) is 12.5 Å². The highest BCUT2D eigenvalue weighted by Crippen LogP contribution is 2.28. The Hall–Kier alpha value is -0.710. The van der Waals surface area contributed by atoms with Crippen LogP contribution in [0.15, 0.2) is 0 Å². The van der Waals surface area contributed by atoms with Gasteiger partial charge in [0.15, 0.2) is 0 Å². The Kier molecular flexibility index (Phi) is 2.43. The van der Waals surface area contributed by atoms with Gasteiger partial charge in [-0.25, -0.2) is 8.78 Å². The van der Waals surface area contributed by atoms with Crippen molar-refractivity contribution in [2.45, 2.75) is 31.2 Å². The summed E-state index contributed by atoms with van der Waals surface area (Å²) >= 11 is 0. The maximum atomic E-state index is 12.7. The molecule has 0 aromatic carbocycles. The molecule has 2 rings (SSSR count). The van der Waals surface area contributed by atoms with Gasteiger partial charge < -0.3 is 5.32 Å². The fourth-order valence-corrected chi connectivity index (χ4v) is 1.59. The fraction of sp³-hybridized carbons (Fsp3) is 0.889. The molecule has 0 bridgehead atoms. The van der Waals surface area contributed by atoms with Gasteiger partial charge in [-0.05, 0) is 18.8 Å². The number of carbonyl (C=O) groups excluding carboxylic acids is 1. The van der Waals surface area contributed by atoms with E-state index in [0.717, 1.165) is 12.8 Å². The molecular formula is C9H14F2N2O. The van der Waals surface area contributed by atoms with Crippen molar-refractivity contribution in [1.82, 2.24) is 10.6 Å². The molecule has 0 radical (unpaired) electrons. The normalized spacial score (nSPS) is 30.3. The molecule has 5 heteroatoms. The summed E-state index contributed by atoms with van der Waals surface area (Å²) in [5, 5.41) is 5.22. The van der Waals surface area contributed by atoms with Gasteiger partial charge >= 0.3 is 0 Å². The zero-order valence-corrected chi connectivity index (χ0v) is 7.85. The number of hydrogen-bond acceptors (Lipinski definition) is 2. The maximum absolute atomic E-state index is 12.7. The Bertz CT molecular complexity index is 241. The summed E-state index contributed by atoms with van der Waals surface area (Å²) in [6, 6.07) is -0.705. The standard InChI is InChI=1S/C9H14F2N2O/c10-9(11)3-7(13-5-9)8(14)12-4-6-1-2-6/h6-7,13H,1-5H2,(H,12,14)/t7-/m1/s1. The van der Waals surface area contributed by atoms with Crippen molar-refractivity contribution in [2.75, 3.05) is 13.1 Å². The lowest BCUT2D eigenvalue weighted by molar-refractivity contribution is -0.123. The first kappa shape index (κ1) is 9.83. The van der Waals surface area contributed by atoms with E-state index in [1.807, 2.05) is 0 Å². The first-order valence-corrected chi connectivity index (χ1v) is 4.96. The number of alkyl halides is 2. The second kappa shape index (κ2) is 3.46. The van der Waals surface area contributed by atoms with Crippen LogP contribution in [0.2, 0.25) is 0 Å². The summed E-state index contributed by atoms with van der Waals surface area (Å²) in [6.45, 7) is 0.261. The predicted octanol–water partition coefficient (Wildman–Crippen LogP) is 0.510. The number of hydrogen-bond donors (Lipinski definition) is 2. The van der Waals surface area contributed by atoms with Gasteiger partial charge in [-0.1, -0.05) is 0 Å². The minimum Gasteiger partial charge on any atom is -0.354 e. The van der Waals surface area contributed by atoms with E-state index in [1.165, 1.54) is 0 Å². The first-order valence-electron chi connectivity index (χ1n) is 4.96. The molecule has 0 spiro atoms. The number of rotatable bonds is 3. The van der Waals surface area contributed by atoms with Crippen LogP contribution in [0.25, 0.3) is 0 Å². The third kappa shape index (κ3) is 2.41. The van der Waals surface area contributed by atoms with Gasteiger partial charge in [-0.15, -0.1) is 0 Å². The van der Waals surface area contributed by atoms with Crippen LogP contribution < -0.4 is 10.6 Å². The predicted molar refractivity (Wildman–Crippen MR) is 47.1 cm³/mol. The molecule has 2 aliphatic rings. The molecule has 0 aromatic rings. The topological polar surface area (TPSA) is 41.1 Å².